The summed E-state index contributed by atoms with van der Waals surface area (Å²) < 4.78 is 5.48. The second-order valence-electron chi connectivity index (χ2n) is 7.37. The summed E-state index contributed by atoms with van der Waals surface area (Å²) in [6.45, 7) is 12.3. The smallest absolute Gasteiger partial charge is 0.227 e. The van der Waals surface area contributed by atoms with Gasteiger partial charge < -0.3 is 19.4 Å². The van der Waals surface area contributed by atoms with E-state index < -0.39 is 0 Å². The number of nitrogens with zero attached hydrogens (tertiary/aromatic N) is 6. The minimum absolute atomic E-state index is 0.611. The lowest BCUT2D eigenvalue weighted by Gasteiger charge is -2.47. The third kappa shape index (κ3) is 3.73. The third-order valence-electron chi connectivity index (χ3n) is 5.63. The van der Waals surface area contributed by atoms with Crippen LogP contribution in [0, 0.1) is 0 Å². The molecule has 0 aliphatic carbocycles. The summed E-state index contributed by atoms with van der Waals surface area (Å²) in [5.74, 6) is 1.97. The van der Waals surface area contributed by atoms with Gasteiger partial charge in [-0.05, 0) is 13.5 Å². The molecule has 0 aromatic carbocycles. The monoisotopic (exact) mass is 346 g/mol. The molecule has 0 amide bonds. The molecule has 25 heavy (non-hydrogen) atoms. The fourth-order valence-electron chi connectivity index (χ4n) is 4.04. The summed E-state index contributed by atoms with van der Waals surface area (Å²) in [6.07, 6.45) is 0.943. The zero-order valence-corrected chi connectivity index (χ0v) is 15.5. The van der Waals surface area contributed by atoms with E-state index in [2.05, 4.69) is 39.6 Å². The van der Waals surface area contributed by atoms with Crippen LogP contribution in [-0.4, -0.2) is 98.4 Å². The highest BCUT2D eigenvalue weighted by atomic mass is 16.5. The minimum atomic E-state index is 0.611. The molecule has 3 fully saturated rings. The van der Waals surface area contributed by atoms with Gasteiger partial charge in [-0.1, -0.05) is 6.92 Å². The summed E-state index contributed by atoms with van der Waals surface area (Å²) in [5.41, 5.74) is 1.13. The average molecular weight is 346 g/mol. The predicted molar refractivity (Wildman–Crippen MR) is 99.5 cm³/mol. The van der Waals surface area contributed by atoms with E-state index in [0.717, 1.165) is 76.4 Å². The quantitative estimate of drug-likeness (QED) is 0.781. The van der Waals surface area contributed by atoms with E-state index in [1.807, 2.05) is 0 Å². The summed E-state index contributed by atoms with van der Waals surface area (Å²) in [4.78, 5) is 19.5. The van der Waals surface area contributed by atoms with Crippen molar-refractivity contribution in [3.63, 3.8) is 0 Å². The Morgan fingerprint density at radius 2 is 1.80 bits per heavy atom. The maximum absolute atomic E-state index is 5.48. The highest BCUT2D eigenvalue weighted by molar-refractivity contribution is 5.47. The molecule has 0 radical (unpaired) electrons. The largest absolute Gasteiger partial charge is 0.378 e. The van der Waals surface area contributed by atoms with Gasteiger partial charge in [0, 0.05) is 70.2 Å². The molecule has 1 aromatic heterocycles. The SMILES string of the molecule is CCc1cc(N2CCN3CCN(C)CC3C2)nc(N2CCOCC2)n1. The summed E-state index contributed by atoms with van der Waals surface area (Å²) in [6, 6.07) is 2.80. The molecule has 0 spiro atoms. The van der Waals surface area contributed by atoms with Crippen LogP contribution in [-0.2, 0) is 11.2 Å². The number of morpholine rings is 1. The molecule has 0 saturated carbocycles. The number of hydrogen-bond acceptors (Lipinski definition) is 7. The molecule has 0 bridgehead atoms. The van der Waals surface area contributed by atoms with E-state index >= 15 is 0 Å². The fraction of sp³-hybridized carbons (Fsp3) is 0.778. The first-order valence-corrected chi connectivity index (χ1v) is 9.61. The van der Waals surface area contributed by atoms with Crippen LogP contribution in [0.25, 0.3) is 0 Å². The van der Waals surface area contributed by atoms with E-state index in [0.29, 0.717) is 6.04 Å². The van der Waals surface area contributed by atoms with Crippen molar-refractivity contribution < 1.29 is 4.74 Å². The molecule has 4 heterocycles. The first kappa shape index (κ1) is 17.0. The number of aromatic nitrogens is 2. The molecule has 1 atom stereocenters. The summed E-state index contributed by atoms with van der Waals surface area (Å²) in [5, 5.41) is 0. The van der Waals surface area contributed by atoms with Gasteiger partial charge in [0.25, 0.3) is 0 Å². The molecule has 4 rings (SSSR count). The Morgan fingerprint density at radius 3 is 2.60 bits per heavy atom. The van der Waals surface area contributed by atoms with Gasteiger partial charge in [-0.2, -0.15) is 4.98 Å². The Morgan fingerprint density at radius 1 is 1.00 bits per heavy atom. The summed E-state index contributed by atoms with van der Waals surface area (Å²) >= 11 is 0. The molecule has 7 nitrogen and oxygen atoms in total. The number of anilines is 2. The number of hydrogen-bond donors (Lipinski definition) is 0. The van der Waals surface area contributed by atoms with Gasteiger partial charge in [0.2, 0.25) is 5.95 Å². The second kappa shape index (κ2) is 7.43. The van der Waals surface area contributed by atoms with Crippen LogP contribution in [0.2, 0.25) is 0 Å². The van der Waals surface area contributed by atoms with Crippen molar-refractivity contribution >= 4 is 11.8 Å². The van der Waals surface area contributed by atoms with Crippen molar-refractivity contribution in [2.24, 2.45) is 0 Å². The topological polar surface area (TPSA) is 48.0 Å². The van der Waals surface area contributed by atoms with Crippen molar-refractivity contribution in [2.45, 2.75) is 19.4 Å². The van der Waals surface area contributed by atoms with E-state index in [1.165, 1.54) is 13.1 Å². The Balaban J connectivity index is 1.54. The molecule has 3 aliphatic heterocycles. The van der Waals surface area contributed by atoms with E-state index in [1.54, 1.807) is 0 Å². The Kier molecular flexibility index (Phi) is 5.05. The minimum Gasteiger partial charge on any atom is -0.378 e. The molecular weight excluding hydrogens is 316 g/mol. The first-order valence-electron chi connectivity index (χ1n) is 9.61. The molecule has 138 valence electrons. The zero-order chi connectivity index (χ0) is 17.2. The van der Waals surface area contributed by atoms with Crippen LogP contribution >= 0.6 is 0 Å². The van der Waals surface area contributed by atoms with Crippen LogP contribution < -0.4 is 9.80 Å². The van der Waals surface area contributed by atoms with Crippen LogP contribution in [0.4, 0.5) is 11.8 Å². The number of piperazine rings is 2. The lowest BCUT2D eigenvalue weighted by atomic mass is 10.1. The van der Waals surface area contributed by atoms with Gasteiger partial charge in [-0.3, -0.25) is 4.90 Å². The molecule has 7 heteroatoms. The zero-order valence-electron chi connectivity index (χ0n) is 15.5. The van der Waals surface area contributed by atoms with E-state index in [9.17, 15) is 0 Å². The molecule has 3 saturated heterocycles. The molecular formula is C18H30N6O. The highest BCUT2D eigenvalue weighted by Crippen LogP contribution is 2.23. The lowest BCUT2D eigenvalue weighted by molar-refractivity contribution is 0.0804. The van der Waals surface area contributed by atoms with Gasteiger partial charge in [0.05, 0.1) is 13.2 Å². The van der Waals surface area contributed by atoms with E-state index in [-0.39, 0.29) is 0 Å². The van der Waals surface area contributed by atoms with Gasteiger partial charge in [-0.15, -0.1) is 0 Å². The van der Waals surface area contributed by atoms with Crippen LogP contribution in [0.1, 0.15) is 12.6 Å². The number of ether oxygens (including phenoxy) is 1. The number of aryl methyl sites for hydroxylation is 1. The first-order chi connectivity index (χ1) is 12.2. The van der Waals surface area contributed by atoms with Gasteiger partial charge >= 0.3 is 0 Å². The van der Waals surface area contributed by atoms with Crippen molar-refractivity contribution in [3.8, 4) is 0 Å². The number of rotatable bonds is 3. The number of likely N-dealkylation sites (N-methyl/N-ethyl adjacent to an activating group) is 1. The van der Waals surface area contributed by atoms with Crippen molar-refractivity contribution in [3.05, 3.63) is 11.8 Å². The molecule has 3 aliphatic rings. The maximum Gasteiger partial charge on any atom is 0.227 e. The molecule has 1 aromatic rings. The van der Waals surface area contributed by atoms with Gasteiger partial charge in [0.1, 0.15) is 5.82 Å². The van der Waals surface area contributed by atoms with Crippen molar-refractivity contribution in [1.29, 1.82) is 0 Å². The Hall–Kier alpha value is -1.44. The Bertz CT molecular complexity index is 591. The van der Waals surface area contributed by atoms with Crippen LogP contribution in [0.15, 0.2) is 6.07 Å². The molecule has 1 unspecified atom stereocenters. The van der Waals surface area contributed by atoms with Gasteiger partial charge in [0.15, 0.2) is 0 Å². The van der Waals surface area contributed by atoms with E-state index in [4.69, 9.17) is 14.7 Å². The highest BCUT2D eigenvalue weighted by Gasteiger charge is 2.31. The van der Waals surface area contributed by atoms with Crippen molar-refractivity contribution in [2.75, 3.05) is 82.4 Å². The molecule has 0 N–H and O–H groups in total. The lowest BCUT2D eigenvalue weighted by Crippen LogP contribution is -2.61. The van der Waals surface area contributed by atoms with Crippen LogP contribution in [0.3, 0.4) is 0 Å². The maximum atomic E-state index is 5.48. The normalized spacial score (nSPS) is 25.9. The second-order valence-corrected chi connectivity index (χ2v) is 7.37. The third-order valence-corrected chi connectivity index (χ3v) is 5.63. The predicted octanol–water partition coefficient (Wildman–Crippen LogP) is 0.312. The Labute approximate surface area is 150 Å². The number of fused-ring (bicyclic) bond motifs is 1. The fourth-order valence-corrected chi connectivity index (χ4v) is 4.04. The van der Waals surface area contributed by atoms with Crippen molar-refractivity contribution in [1.82, 2.24) is 19.8 Å². The van der Waals surface area contributed by atoms with Gasteiger partial charge in [-0.25, -0.2) is 4.98 Å². The van der Waals surface area contributed by atoms with Crippen LogP contribution in [0.5, 0.6) is 0 Å². The average Bonchev–Trinajstić information content (AvgIpc) is 2.67. The standard InChI is InChI=1S/C18H30N6O/c1-3-15-12-17(20-18(19-15)23-8-10-25-11-9-23)24-7-6-22-5-4-21(2)13-16(22)14-24/h12,16H,3-11,13-14H2,1-2H3. The summed E-state index contributed by atoms with van der Waals surface area (Å²) in [7, 11) is 2.23.